The van der Waals surface area contributed by atoms with Gasteiger partial charge in [0.1, 0.15) is 11.7 Å². The van der Waals surface area contributed by atoms with Crippen LogP contribution in [0.2, 0.25) is 0 Å². The van der Waals surface area contributed by atoms with Crippen LogP contribution in [0.5, 0.6) is 0 Å². The molecule has 3 aromatic heterocycles. The fourth-order valence-corrected chi connectivity index (χ4v) is 5.07. The maximum absolute atomic E-state index is 12.9. The number of rotatable bonds is 9. The number of ether oxygens (including phenoxy) is 1. The van der Waals surface area contributed by atoms with Gasteiger partial charge in [0.25, 0.3) is 12.4 Å². The zero-order valence-electron chi connectivity index (χ0n) is 28.1. The Morgan fingerprint density at radius 2 is 1.90 bits per heavy atom. The van der Waals surface area contributed by atoms with Crippen LogP contribution in [0, 0.1) is 5.92 Å². The number of alkyl halides is 5. The lowest BCUT2D eigenvalue weighted by atomic mass is 9.97. The summed E-state index contributed by atoms with van der Waals surface area (Å²) in [5.41, 5.74) is 2.32. The molecular weight excluding hydrogens is 657 g/mol. The number of carbonyl (C=O) groups excluding carboxylic acids is 3. The number of fused-ring (bicyclic) bond motifs is 1. The van der Waals surface area contributed by atoms with E-state index in [1.54, 1.807) is 12.3 Å². The number of carbonyl (C=O) groups is 3. The zero-order valence-corrected chi connectivity index (χ0v) is 28.1. The van der Waals surface area contributed by atoms with Crippen LogP contribution in [0.25, 0.3) is 5.65 Å². The van der Waals surface area contributed by atoms with E-state index in [0.29, 0.717) is 41.9 Å². The van der Waals surface area contributed by atoms with Crippen molar-refractivity contribution in [3.8, 4) is 0 Å². The van der Waals surface area contributed by atoms with Crippen LogP contribution < -0.4 is 10.6 Å². The van der Waals surface area contributed by atoms with E-state index < -0.39 is 35.9 Å². The van der Waals surface area contributed by atoms with Crippen molar-refractivity contribution in [2.75, 3.05) is 0 Å². The number of nitrogens with zero attached hydrogens (tertiary/aromatic N) is 5. The Bertz CT molecular complexity index is 1500. The van der Waals surface area contributed by atoms with Crippen molar-refractivity contribution < 1.29 is 45.7 Å². The minimum atomic E-state index is -4.46. The summed E-state index contributed by atoms with van der Waals surface area (Å²) in [6, 6.07) is -0.155. The van der Waals surface area contributed by atoms with Crippen molar-refractivity contribution in [2.24, 2.45) is 5.92 Å². The van der Waals surface area contributed by atoms with E-state index in [1.807, 2.05) is 33.0 Å². The van der Waals surface area contributed by atoms with Gasteiger partial charge in [-0.25, -0.2) is 22.9 Å². The molecule has 0 aromatic carbocycles. The lowest BCUT2D eigenvalue weighted by molar-refractivity contribution is -0.155. The molecule has 49 heavy (non-hydrogen) atoms. The second-order valence-corrected chi connectivity index (χ2v) is 12.0. The Kier molecular flexibility index (Phi) is 14.4. The van der Waals surface area contributed by atoms with Gasteiger partial charge in [-0.15, -0.1) is 0 Å². The normalized spacial score (nSPS) is 20.3. The van der Waals surface area contributed by atoms with Crippen molar-refractivity contribution in [1.82, 2.24) is 35.5 Å². The van der Waals surface area contributed by atoms with Crippen LogP contribution in [0.15, 0.2) is 23.1 Å². The van der Waals surface area contributed by atoms with Crippen LogP contribution in [0.4, 0.5) is 22.0 Å². The molecule has 2 saturated carbocycles. The second-order valence-electron chi connectivity index (χ2n) is 12.0. The molecule has 12 nitrogen and oxygen atoms in total. The summed E-state index contributed by atoms with van der Waals surface area (Å²) in [5, 5.41) is 16.4. The summed E-state index contributed by atoms with van der Waals surface area (Å²) in [6.45, 7) is 8.42. The van der Waals surface area contributed by atoms with Gasteiger partial charge in [-0.1, -0.05) is 32.3 Å². The summed E-state index contributed by atoms with van der Waals surface area (Å²) in [7, 11) is 0. The topological polar surface area (TPSA) is 154 Å². The smallest absolute Gasteiger partial charge is 0.408 e. The highest BCUT2D eigenvalue weighted by atomic mass is 19.4. The molecule has 0 spiro atoms. The van der Waals surface area contributed by atoms with Gasteiger partial charge >= 0.3 is 6.18 Å². The molecular formula is C32H44F5N7O5. The van der Waals surface area contributed by atoms with E-state index >= 15 is 0 Å². The summed E-state index contributed by atoms with van der Waals surface area (Å²) < 4.78 is 73.7. The highest BCUT2D eigenvalue weighted by Gasteiger charge is 2.47. The maximum Gasteiger partial charge on any atom is 0.408 e. The number of halogens is 5. The van der Waals surface area contributed by atoms with Crippen molar-refractivity contribution in [2.45, 2.75) is 129 Å². The third-order valence-corrected chi connectivity index (χ3v) is 8.08. The summed E-state index contributed by atoms with van der Waals surface area (Å²) in [5.74, 6) is -3.92. The van der Waals surface area contributed by atoms with E-state index in [4.69, 9.17) is 0 Å². The molecule has 272 valence electrons. The Labute approximate surface area is 280 Å². The van der Waals surface area contributed by atoms with Crippen LogP contribution in [0.3, 0.4) is 0 Å². The number of hydrogen-bond donors (Lipinski definition) is 2. The number of aromatic nitrogens is 5. The Hall–Kier alpha value is -4.18. The SMILES string of the molecule is CC.CCC(C)OC=O.FC1(F)CCCCC1.O=C(NCc1cn2ncc(CC3CC(C(F)(F)F)NC3=O)cc2n1)c1nonc1C1CC1. The van der Waals surface area contributed by atoms with Crippen molar-refractivity contribution >= 4 is 23.9 Å². The highest BCUT2D eigenvalue weighted by Crippen LogP contribution is 2.40. The van der Waals surface area contributed by atoms with Crippen LogP contribution in [-0.2, 0) is 27.3 Å². The van der Waals surface area contributed by atoms with E-state index in [9.17, 15) is 36.3 Å². The van der Waals surface area contributed by atoms with Gasteiger partial charge in [-0.2, -0.15) is 18.3 Å². The molecule has 4 heterocycles. The number of hydrogen-bond acceptors (Lipinski definition) is 9. The Balaban J connectivity index is 0.000000316. The van der Waals surface area contributed by atoms with E-state index in [1.165, 1.54) is 10.7 Å². The average Bonchev–Trinajstić information content (AvgIpc) is 3.45. The third kappa shape index (κ3) is 12.0. The zero-order chi connectivity index (χ0) is 36.2. The van der Waals surface area contributed by atoms with E-state index in [2.05, 4.69) is 35.1 Å². The van der Waals surface area contributed by atoms with Gasteiger partial charge in [-0.05, 0) is 68.7 Å². The molecule has 3 aromatic rings. The van der Waals surface area contributed by atoms with E-state index in [0.717, 1.165) is 25.7 Å². The molecule has 3 fully saturated rings. The van der Waals surface area contributed by atoms with Gasteiger partial charge in [0.2, 0.25) is 11.8 Å². The Morgan fingerprint density at radius 1 is 1.20 bits per heavy atom. The van der Waals surface area contributed by atoms with Crippen LogP contribution >= 0.6 is 0 Å². The molecule has 3 unspecified atom stereocenters. The standard InChI is InChI=1S/C19H18F3N7O3.C6H10F2.C5H10O2.C2H6/c20-19(21,22)13-5-11(17(30)26-13)3-9-4-14-25-12(8-29(14)24-6-9)7-23-18(31)16-15(10-1-2-10)27-32-28-16;7-6(8)4-2-1-3-5-6;1-3-5(2)7-4-6;1-2/h4,6,8,10-11,13H,1-3,5,7H2,(H,23,31)(H,26,30);1-5H2;4-5H,3H2,1-2H3;1-2H3. The fraction of sp³-hybridized carbons (Fsp3) is 0.656. The monoisotopic (exact) mass is 701 g/mol. The molecule has 2 amide bonds. The van der Waals surface area contributed by atoms with Crippen LogP contribution in [-0.4, -0.2) is 67.4 Å². The molecule has 2 aliphatic carbocycles. The van der Waals surface area contributed by atoms with Gasteiger partial charge < -0.3 is 15.4 Å². The molecule has 0 radical (unpaired) electrons. The van der Waals surface area contributed by atoms with Gasteiger partial charge in [0.15, 0.2) is 11.3 Å². The van der Waals surface area contributed by atoms with E-state index in [-0.39, 0.29) is 49.9 Å². The van der Waals surface area contributed by atoms with Gasteiger partial charge in [0.05, 0.1) is 30.7 Å². The maximum atomic E-state index is 12.9. The molecule has 2 N–H and O–H groups in total. The minimum Gasteiger partial charge on any atom is -0.465 e. The lowest BCUT2D eigenvalue weighted by Gasteiger charge is -2.20. The van der Waals surface area contributed by atoms with Gasteiger partial charge in [-0.3, -0.25) is 14.4 Å². The largest absolute Gasteiger partial charge is 0.465 e. The molecule has 1 saturated heterocycles. The summed E-state index contributed by atoms with van der Waals surface area (Å²) >= 11 is 0. The van der Waals surface area contributed by atoms with Crippen molar-refractivity contribution in [3.05, 3.63) is 41.1 Å². The average molecular weight is 702 g/mol. The first kappa shape index (κ1) is 39.3. The number of imidazole rings is 1. The molecule has 1 aliphatic heterocycles. The van der Waals surface area contributed by atoms with Crippen LogP contribution in [0.1, 0.15) is 119 Å². The molecule has 17 heteroatoms. The number of amides is 2. The second kappa shape index (κ2) is 18.0. The van der Waals surface area contributed by atoms with Crippen molar-refractivity contribution in [3.63, 3.8) is 0 Å². The quantitative estimate of drug-likeness (QED) is 0.199. The molecule has 6 rings (SSSR count). The van der Waals surface area contributed by atoms with Gasteiger partial charge in [0, 0.05) is 24.7 Å². The summed E-state index contributed by atoms with van der Waals surface area (Å²) in [6.07, 6.45) is 4.02. The fourth-order valence-electron chi connectivity index (χ4n) is 5.07. The predicted molar refractivity (Wildman–Crippen MR) is 167 cm³/mol. The predicted octanol–water partition coefficient (Wildman–Crippen LogP) is 6.10. The molecule has 3 atom stereocenters. The first-order chi connectivity index (χ1) is 23.3. The summed E-state index contributed by atoms with van der Waals surface area (Å²) in [4.78, 5) is 38.2. The highest BCUT2D eigenvalue weighted by molar-refractivity contribution is 5.93. The van der Waals surface area contributed by atoms with Crippen molar-refractivity contribution in [1.29, 1.82) is 0 Å². The lowest BCUT2D eigenvalue weighted by Crippen LogP contribution is -2.38. The molecule has 0 bridgehead atoms. The number of nitrogens with one attached hydrogen (secondary N) is 2. The Morgan fingerprint density at radius 3 is 2.43 bits per heavy atom. The first-order valence-electron chi connectivity index (χ1n) is 16.6. The minimum absolute atomic E-state index is 0.0810. The first-order valence-corrected chi connectivity index (χ1v) is 16.6. The molecule has 3 aliphatic rings. The third-order valence-electron chi connectivity index (χ3n) is 8.08.